The van der Waals surface area contributed by atoms with Gasteiger partial charge in [0.1, 0.15) is 6.54 Å². The van der Waals surface area contributed by atoms with Crippen molar-refractivity contribution in [2.45, 2.75) is 13.0 Å². The molecule has 2 amide bonds. The van der Waals surface area contributed by atoms with Crippen molar-refractivity contribution in [3.63, 3.8) is 0 Å². The van der Waals surface area contributed by atoms with E-state index >= 15 is 0 Å². The second kappa shape index (κ2) is 8.47. The molecule has 2 aromatic rings. The number of halogens is 1. The summed E-state index contributed by atoms with van der Waals surface area (Å²) in [6.07, 6.45) is 0.991. The highest BCUT2D eigenvalue weighted by atomic mass is 79.9. The van der Waals surface area contributed by atoms with Gasteiger partial charge in [0.15, 0.2) is 6.54 Å². The van der Waals surface area contributed by atoms with Gasteiger partial charge in [-0.25, -0.2) is 0 Å². The van der Waals surface area contributed by atoms with E-state index in [0.29, 0.717) is 12.2 Å². The molecule has 1 heterocycles. The highest BCUT2D eigenvalue weighted by molar-refractivity contribution is 9.10. The van der Waals surface area contributed by atoms with E-state index in [0.717, 1.165) is 24.0 Å². The number of hydrogen-bond acceptors (Lipinski definition) is 2. The van der Waals surface area contributed by atoms with Crippen LogP contribution in [0, 0.1) is 0 Å². The van der Waals surface area contributed by atoms with Gasteiger partial charge in [0.05, 0.1) is 18.8 Å². The zero-order chi connectivity index (χ0) is 18.5. The van der Waals surface area contributed by atoms with Crippen LogP contribution in [0.2, 0.25) is 0 Å². The molecule has 6 heteroatoms. The van der Waals surface area contributed by atoms with E-state index in [1.807, 2.05) is 30.3 Å². The zero-order valence-electron chi connectivity index (χ0n) is 14.8. The van der Waals surface area contributed by atoms with Crippen LogP contribution in [0.5, 0.6) is 0 Å². The number of para-hydroxylation sites is 1. The molecule has 136 valence electrons. The van der Waals surface area contributed by atoms with Crippen molar-refractivity contribution in [3.05, 3.63) is 64.1 Å². The van der Waals surface area contributed by atoms with Gasteiger partial charge in [0.25, 0.3) is 5.91 Å². The summed E-state index contributed by atoms with van der Waals surface area (Å²) in [5, 5.41) is 2.83. The molecule has 1 aliphatic heterocycles. The van der Waals surface area contributed by atoms with Crippen molar-refractivity contribution in [1.82, 2.24) is 4.90 Å². The number of rotatable bonds is 5. The predicted octanol–water partition coefficient (Wildman–Crippen LogP) is 1.49. The van der Waals surface area contributed by atoms with Crippen LogP contribution in [-0.2, 0) is 22.6 Å². The standard InChI is InChI=1S/C20H22BrN3O2/c1-23(13-19(25)22-18-9-5-4-8-17(18)21)20(26)14-24-11-10-15-6-2-3-7-16(15)12-24/h2-9H,10-14H2,1H3,(H,22,25)/p+1. The van der Waals surface area contributed by atoms with Gasteiger partial charge in [-0.05, 0) is 33.6 Å². The first kappa shape index (κ1) is 18.6. The average molecular weight is 417 g/mol. The fraction of sp³-hybridized carbons (Fsp3) is 0.300. The maximum atomic E-state index is 12.5. The number of carbonyl (C=O) groups excluding carboxylic acids is 2. The number of fused-ring (bicyclic) bond motifs is 1. The Morgan fingerprint density at radius 2 is 1.81 bits per heavy atom. The fourth-order valence-corrected chi connectivity index (χ4v) is 3.58. The summed E-state index contributed by atoms with van der Waals surface area (Å²) >= 11 is 3.40. The van der Waals surface area contributed by atoms with E-state index in [-0.39, 0.29) is 18.4 Å². The Morgan fingerprint density at radius 3 is 2.58 bits per heavy atom. The van der Waals surface area contributed by atoms with E-state index in [4.69, 9.17) is 0 Å². The third kappa shape index (κ3) is 4.71. The minimum atomic E-state index is -0.202. The maximum Gasteiger partial charge on any atom is 0.277 e. The highest BCUT2D eigenvalue weighted by Crippen LogP contribution is 2.20. The minimum absolute atomic E-state index is 0.0124. The molecule has 26 heavy (non-hydrogen) atoms. The van der Waals surface area contributed by atoms with Crippen molar-refractivity contribution in [2.75, 3.05) is 32.0 Å². The Kier molecular flexibility index (Phi) is 6.06. The number of benzene rings is 2. The molecule has 1 atom stereocenters. The lowest BCUT2D eigenvalue weighted by molar-refractivity contribution is -0.908. The second-order valence-corrected chi connectivity index (χ2v) is 7.50. The zero-order valence-corrected chi connectivity index (χ0v) is 16.4. The Labute approximate surface area is 162 Å². The molecule has 0 spiro atoms. The van der Waals surface area contributed by atoms with Gasteiger partial charge in [-0.15, -0.1) is 0 Å². The first-order valence-electron chi connectivity index (χ1n) is 8.71. The molecule has 0 bridgehead atoms. The molecular formula is C20H23BrN3O2+. The van der Waals surface area contributed by atoms with Gasteiger partial charge >= 0.3 is 0 Å². The SMILES string of the molecule is CN(CC(=O)Nc1ccccc1Br)C(=O)C[NH+]1CCc2ccccc2C1. The molecule has 2 aromatic carbocycles. The maximum absolute atomic E-state index is 12.5. The van der Waals surface area contributed by atoms with Crippen LogP contribution >= 0.6 is 15.9 Å². The number of carbonyl (C=O) groups is 2. The Bertz CT molecular complexity index is 809. The topological polar surface area (TPSA) is 53.9 Å². The van der Waals surface area contributed by atoms with Crippen molar-refractivity contribution in [1.29, 1.82) is 0 Å². The highest BCUT2D eigenvalue weighted by Gasteiger charge is 2.23. The molecule has 0 aromatic heterocycles. The predicted molar refractivity (Wildman–Crippen MR) is 105 cm³/mol. The lowest BCUT2D eigenvalue weighted by Crippen LogP contribution is -3.12. The minimum Gasteiger partial charge on any atom is -0.332 e. The van der Waals surface area contributed by atoms with Gasteiger partial charge in [-0.1, -0.05) is 36.4 Å². The third-order valence-corrected chi connectivity index (χ3v) is 5.35. The molecule has 1 aliphatic rings. The van der Waals surface area contributed by atoms with Crippen LogP contribution in [0.3, 0.4) is 0 Å². The third-order valence-electron chi connectivity index (χ3n) is 4.66. The first-order valence-corrected chi connectivity index (χ1v) is 9.51. The van der Waals surface area contributed by atoms with Crippen molar-refractivity contribution < 1.29 is 14.5 Å². The largest absolute Gasteiger partial charge is 0.332 e. The summed E-state index contributed by atoms with van der Waals surface area (Å²) in [6.45, 7) is 2.26. The van der Waals surface area contributed by atoms with Crippen LogP contribution < -0.4 is 10.2 Å². The second-order valence-electron chi connectivity index (χ2n) is 6.65. The number of anilines is 1. The number of quaternary nitrogens is 1. The molecule has 0 radical (unpaired) electrons. The van der Waals surface area contributed by atoms with E-state index < -0.39 is 0 Å². The van der Waals surface area contributed by atoms with Gasteiger partial charge in [0.2, 0.25) is 5.91 Å². The summed E-state index contributed by atoms with van der Waals surface area (Å²) in [7, 11) is 1.68. The quantitative estimate of drug-likeness (QED) is 0.775. The van der Waals surface area contributed by atoms with Crippen molar-refractivity contribution >= 4 is 33.4 Å². The van der Waals surface area contributed by atoms with Crippen LogP contribution in [0.25, 0.3) is 0 Å². The van der Waals surface area contributed by atoms with Crippen LogP contribution in [-0.4, -0.2) is 43.4 Å². The van der Waals surface area contributed by atoms with E-state index in [2.05, 4.69) is 39.4 Å². The molecule has 5 nitrogen and oxygen atoms in total. The molecule has 0 fully saturated rings. The molecule has 0 saturated carbocycles. The summed E-state index contributed by atoms with van der Waals surface area (Å²) < 4.78 is 0.818. The van der Waals surface area contributed by atoms with Crippen molar-refractivity contribution in [2.24, 2.45) is 0 Å². The first-order chi connectivity index (χ1) is 12.5. The van der Waals surface area contributed by atoms with Crippen LogP contribution in [0.15, 0.2) is 53.0 Å². The average Bonchev–Trinajstić information content (AvgIpc) is 2.63. The van der Waals surface area contributed by atoms with E-state index in [1.165, 1.54) is 20.9 Å². The Hall–Kier alpha value is -2.18. The number of likely N-dealkylation sites (N-methyl/N-ethyl adjacent to an activating group) is 1. The normalized spacial score (nSPS) is 15.8. The van der Waals surface area contributed by atoms with Crippen LogP contribution in [0.1, 0.15) is 11.1 Å². The summed E-state index contributed by atoms with van der Waals surface area (Å²) in [5.74, 6) is -0.214. The Balaban J connectivity index is 1.50. The monoisotopic (exact) mass is 416 g/mol. The number of nitrogens with one attached hydrogen (secondary N) is 2. The van der Waals surface area contributed by atoms with Crippen molar-refractivity contribution in [3.8, 4) is 0 Å². The molecular weight excluding hydrogens is 394 g/mol. The number of amides is 2. The van der Waals surface area contributed by atoms with Crippen LogP contribution in [0.4, 0.5) is 5.69 Å². The van der Waals surface area contributed by atoms with Gasteiger partial charge < -0.3 is 15.1 Å². The van der Waals surface area contributed by atoms with Gasteiger partial charge in [-0.2, -0.15) is 0 Å². The van der Waals surface area contributed by atoms with Gasteiger partial charge in [0, 0.05) is 23.5 Å². The lowest BCUT2D eigenvalue weighted by atomic mass is 10.00. The molecule has 0 aliphatic carbocycles. The van der Waals surface area contributed by atoms with E-state index in [1.54, 1.807) is 7.05 Å². The molecule has 2 N–H and O–H groups in total. The summed E-state index contributed by atoms with van der Waals surface area (Å²) in [4.78, 5) is 27.4. The Morgan fingerprint density at radius 1 is 1.12 bits per heavy atom. The molecule has 0 saturated heterocycles. The number of nitrogens with zero attached hydrogens (tertiary/aromatic N) is 1. The van der Waals surface area contributed by atoms with Gasteiger partial charge in [-0.3, -0.25) is 9.59 Å². The smallest absolute Gasteiger partial charge is 0.277 e. The fourth-order valence-electron chi connectivity index (χ4n) is 3.20. The molecule has 1 unspecified atom stereocenters. The molecule has 3 rings (SSSR count). The summed E-state index contributed by atoms with van der Waals surface area (Å²) in [6, 6.07) is 15.8. The van der Waals surface area contributed by atoms with E-state index in [9.17, 15) is 9.59 Å². The lowest BCUT2D eigenvalue weighted by Gasteiger charge is -2.27. The summed E-state index contributed by atoms with van der Waals surface area (Å²) in [5.41, 5.74) is 3.40. The number of hydrogen-bond donors (Lipinski definition) is 2.